The molecule has 178 valence electrons. The van der Waals surface area contributed by atoms with E-state index in [1.54, 1.807) is 6.20 Å². The van der Waals surface area contributed by atoms with Gasteiger partial charge in [-0.05, 0) is 30.0 Å². The lowest BCUT2D eigenvalue weighted by Gasteiger charge is -2.33. The number of hydrogen-bond acceptors (Lipinski definition) is 4. The molecule has 5 rings (SSSR count). The highest BCUT2D eigenvalue weighted by Gasteiger charge is 2.26. The molecule has 0 bridgehead atoms. The summed E-state index contributed by atoms with van der Waals surface area (Å²) in [5, 5.41) is 3.25. The molecule has 1 fully saturated rings. The molecule has 1 aromatic heterocycles. The Kier molecular flexibility index (Phi) is 7.00. The van der Waals surface area contributed by atoms with Crippen LogP contribution in [0.25, 0.3) is 5.57 Å². The van der Waals surface area contributed by atoms with Crippen LogP contribution in [0, 0.1) is 0 Å². The summed E-state index contributed by atoms with van der Waals surface area (Å²) in [5.41, 5.74) is 2.83. The van der Waals surface area contributed by atoms with Crippen molar-refractivity contribution in [3.05, 3.63) is 108 Å². The second-order valence-electron chi connectivity index (χ2n) is 9.12. The zero-order valence-corrected chi connectivity index (χ0v) is 19.7. The first-order valence-electron chi connectivity index (χ1n) is 12.2. The van der Waals surface area contributed by atoms with E-state index in [4.69, 9.17) is 0 Å². The summed E-state index contributed by atoms with van der Waals surface area (Å²) in [6, 6.07) is 20.3. The first-order valence-corrected chi connectivity index (χ1v) is 12.2. The van der Waals surface area contributed by atoms with Crippen LogP contribution in [-0.4, -0.2) is 45.8 Å². The van der Waals surface area contributed by atoms with Gasteiger partial charge in [0, 0.05) is 37.9 Å². The average molecular weight is 467 g/mol. The van der Waals surface area contributed by atoms with Gasteiger partial charge in [0.05, 0.1) is 18.2 Å². The summed E-state index contributed by atoms with van der Waals surface area (Å²) < 4.78 is 2.14. The van der Waals surface area contributed by atoms with Gasteiger partial charge in [-0.25, -0.2) is 4.98 Å². The summed E-state index contributed by atoms with van der Waals surface area (Å²) in [6.07, 6.45) is 11.7. The quantitative estimate of drug-likeness (QED) is 0.563. The summed E-state index contributed by atoms with van der Waals surface area (Å²) in [7, 11) is 0. The number of rotatable bonds is 7. The van der Waals surface area contributed by atoms with E-state index in [0.29, 0.717) is 18.5 Å². The molecule has 2 heterocycles. The molecule has 1 N–H and O–H groups in total. The fourth-order valence-corrected chi connectivity index (χ4v) is 4.97. The average Bonchev–Trinajstić information content (AvgIpc) is 3.39. The zero-order valence-electron chi connectivity index (χ0n) is 19.7. The number of hydrogen-bond donors (Lipinski definition) is 1. The molecule has 6 nitrogen and oxygen atoms in total. The number of piperidine rings is 1. The number of allylic oxidation sites excluding steroid dienone is 4. The van der Waals surface area contributed by atoms with E-state index in [2.05, 4.69) is 44.0 Å². The van der Waals surface area contributed by atoms with E-state index in [9.17, 15) is 9.59 Å². The number of amides is 1. The van der Waals surface area contributed by atoms with E-state index in [0.717, 1.165) is 42.9 Å². The monoisotopic (exact) mass is 466 g/mol. The second kappa shape index (κ2) is 10.7. The SMILES string of the molecule is O=C(CN1CCC(n2ccnc2C2=CC=CCC2=O)CC1)NC(c1ccccc1)c1ccccc1. The van der Waals surface area contributed by atoms with E-state index in [-0.39, 0.29) is 23.8 Å². The van der Waals surface area contributed by atoms with Crippen molar-refractivity contribution in [1.29, 1.82) is 0 Å². The third kappa shape index (κ3) is 5.33. The largest absolute Gasteiger partial charge is 0.344 e. The number of carbonyl (C=O) groups is 2. The summed E-state index contributed by atoms with van der Waals surface area (Å²) in [5.74, 6) is 0.888. The van der Waals surface area contributed by atoms with E-state index >= 15 is 0 Å². The molecule has 1 aliphatic heterocycles. The van der Waals surface area contributed by atoms with Crippen LogP contribution in [-0.2, 0) is 9.59 Å². The van der Waals surface area contributed by atoms with Crippen molar-refractivity contribution in [3.8, 4) is 0 Å². The van der Waals surface area contributed by atoms with Crippen molar-refractivity contribution in [3.63, 3.8) is 0 Å². The van der Waals surface area contributed by atoms with Crippen LogP contribution in [0.5, 0.6) is 0 Å². The van der Waals surface area contributed by atoms with Crippen molar-refractivity contribution >= 4 is 17.3 Å². The molecule has 1 aliphatic carbocycles. The minimum atomic E-state index is -0.175. The number of ketones is 1. The molecule has 0 unspecified atom stereocenters. The third-order valence-corrected chi connectivity index (χ3v) is 6.80. The Morgan fingerprint density at radius 1 is 1.00 bits per heavy atom. The van der Waals surface area contributed by atoms with Crippen LogP contribution in [0.4, 0.5) is 0 Å². The lowest BCUT2D eigenvalue weighted by atomic mass is 9.98. The molecule has 35 heavy (non-hydrogen) atoms. The van der Waals surface area contributed by atoms with Gasteiger partial charge in [-0.1, -0.05) is 72.8 Å². The van der Waals surface area contributed by atoms with Gasteiger partial charge < -0.3 is 9.88 Å². The number of nitrogens with one attached hydrogen (secondary N) is 1. The predicted molar refractivity (Wildman–Crippen MR) is 137 cm³/mol. The number of likely N-dealkylation sites (tertiary alicyclic amines) is 1. The number of imidazole rings is 1. The van der Waals surface area contributed by atoms with Gasteiger partial charge in [-0.3, -0.25) is 14.5 Å². The third-order valence-electron chi connectivity index (χ3n) is 6.80. The highest BCUT2D eigenvalue weighted by Crippen LogP contribution is 2.28. The van der Waals surface area contributed by atoms with Crippen molar-refractivity contribution in [2.24, 2.45) is 0 Å². The number of benzene rings is 2. The summed E-state index contributed by atoms with van der Waals surface area (Å²) >= 11 is 0. The van der Waals surface area contributed by atoms with Crippen LogP contribution in [0.15, 0.2) is 91.3 Å². The number of Topliss-reactive ketones (excluding diaryl/α,β-unsaturated/α-hetero) is 1. The van der Waals surface area contributed by atoms with Gasteiger partial charge in [-0.2, -0.15) is 0 Å². The Morgan fingerprint density at radius 3 is 2.29 bits per heavy atom. The minimum absolute atomic E-state index is 0.0224. The first kappa shape index (κ1) is 23.0. The molecule has 1 amide bonds. The molecule has 1 saturated heterocycles. The minimum Gasteiger partial charge on any atom is -0.344 e. The molecule has 0 radical (unpaired) electrons. The van der Waals surface area contributed by atoms with Crippen molar-refractivity contribution < 1.29 is 9.59 Å². The molecule has 3 aromatic rings. The van der Waals surface area contributed by atoms with E-state index in [1.165, 1.54) is 0 Å². The van der Waals surface area contributed by atoms with E-state index in [1.807, 2.05) is 60.8 Å². The highest BCUT2D eigenvalue weighted by atomic mass is 16.2. The zero-order chi connectivity index (χ0) is 24.0. The fraction of sp³-hybridized carbons (Fsp3) is 0.276. The Hall–Kier alpha value is -3.77. The number of carbonyl (C=O) groups excluding carboxylic acids is 2. The molecule has 0 atom stereocenters. The Balaban J connectivity index is 1.21. The molecular formula is C29H30N4O2. The Labute approximate surface area is 206 Å². The standard InChI is InChI=1S/C29H30N4O2/c34-26-14-8-7-13-25(26)29-30-17-20-33(29)24-15-18-32(19-16-24)21-27(35)31-28(22-9-3-1-4-10-22)23-11-5-2-6-12-23/h1-13,17,20,24,28H,14-16,18-19,21H2,(H,31,35). The van der Waals surface area contributed by atoms with Gasteiger partial charge >= 0.3 is 0 Å². The molecule has 0 spiro atoms. The Bertz CT molecular complexity index is 1180. The highest BCUT2D eigenvalue weighted by molar-refractivity contribution is 6.21. The lowest BCUT2D eigenvalue weighted by molar-refractivity contribution is -0.123. The maximum absolute atomic E-state index is 13.1. The maximum Gasteiger partial charge on any atom is 0.234 e. The van der Waals surface area contributed by atoms with Gasteiger partial charge in [0.15, 0.2) is 5.78 Å². The van der Waals surface area contributed by atoms with Crippen molar-refractivity contribution in [2.75, 3.05) is 19.6 Å². The second-order valence-corrected chi connectivity index (χ2v) is 9.12. The molecular weight excluding hydrogens is 436 g/mol. The topological polar surface area (TPSA) is 67.2 Å². The van der Waals surface area contributed by atoms with Crippen LogP contribution < -0.4 is 5.32 Å². The molecule has 6 heteroatoms. The maximum atomic E-state index is 13.1. The fourth-order valence-electron chi connectivity index (χ4n) is 4.97. The molecule has 2 aliphatic rings. The lowest BCUT2D eigenvalue weighted by Crippen LogP contribution is -2.43. The van der Waals surface area contributed by atoms with Crippen molar-refractivity contribution in [2.45, 2.75) is 31.3 Å². The predicted octanol–water partition coefficient (Wildman–Crippen LogP) is 4.34. The van der Waals surface area contributed by atoms with Crippen LogP contribution >= 0.6 is 0 Å². The van der Waals surface area contributed by atoms with Gasteiger partial charge in [-0.15, -0.1) is 0 Å². The van der Waals surface area contributed by atoms with Crippen LogP contribution in [0.3, 0.4) is 0 Å². The van der Waals surface area contributed by atoms with Gasteiger partial charge in [0.2, 0.25) is 5.91 Å². The van der Waals surface area contributed by atoms with Crippen LogP contribution in [0.1, 0.15) is 48.3 Å². The van der Waals surface area contributed by atoms with Crippen molar-refractivity contribution in [1.82, 2.24) is 19.8 Å². The smallest absolute Gasteiger partial charge is 0.234 e. The number of aromatic nitrogens is 2. The van der Waals surface area contributed by atoms with E-state index < -0.39 is 0 Å². The number of nitrogens with zero attached hydrogens (tertiary/aromatic N) is 3. The Morgan fingerprint density at radius 2 is 1.66 bits per heavy atom. The first-order chi connectivity index (χ1) is 17.2. The summed E-state index contributed by atoms with van der Waals surface area (Å²) in [6.45, 7) is 2.02. The van der Waals surface area contributed by atoms with Crippen LogP contribution in [0.2, 0.25) is 0 Å². The van der Waals surface area contributed by atoms with Gasteiger partial charge in [0.1, 0.15) is 5.82 Å². The molecule has 0 saturated carbocycles. The van der Waals surface area contributed by atoms with Gasteiger partial charge in [0.25, 0.3) is 0 Å². The normalized spacial score (nSPS) is 16.9. The molecule has 2 aromatic carbocycles. The summed E-state index contributed by atoms with van der Waals surface area (Å²) in [4.78, 5) is 32.1.